The maximum atomic E-state index is 12.7. The standard InChI is InChI=1S/C16H23N3O2/c1-10-6-7-19(14-5-3-2-4-12(10)14)16(21)13-8-11(9-18-13)15(17)20/h8-10,12,14,18H,2-7H2,1H3,(H2,17,20)/t10-,12+,14-/m1/s1. The molecule has 1 saturated carbocycles. The smallest absolute Gasteiger partial charge is 0.270 e. The lowest BCUT2D eigenvalue weighted by Gasteiger charge is -2.47. The molecule has 2 fully saturated rings. The van der Waals surface area contributed by atoms with E-state index < -0.39 is 5.91 Å². The van der Waals surface area contributed by atoms with Crippen molar-refractivity contribution >= 4 is 11.8 Å². The van der Waals surface area contributed by atoms with Crippen LogP contribution in [-0.2, 0) is 0 Å². The molecule has 0 aromatic carbocycles. The van der Waals surface area contributed by atoms with Crippen LogP contribution in [-0.4, -0.2) is 34.3 Å². The minimum absolute atomic E-state index is 0.00583. The minimum atomic E-state index is -0.506. The van der Waals surface area contributed by atoms with Gasteiger partial charge in [0.25, 0.3) is 5.91 Å². The summed E-state index contributed by atoms with van der Waals surface area (Å²) in [6, 6.07) is 1.93. The summed E-state index contributed by atoms with van der Waals surface area (Å²) in [6.07, 6.45) is 7.39. The third-order valence-electron chi connectivity index (χ3n) is 5.20. The molecule has 1 aliphatic heterocycles. The molecule has 1 aromatic heterocycles. The molecule has 2 aliphatic rings. The quantitative estimate of drug-likeness (QED) is 0.875. The van der Waals surface area contributed by atoms with Crippen molar-refractivity contribution in [2.24, 2.45) is 17.6 Å². The van der Waals surface area contributed by atoms with Crippen molar-refractivity contribution in [3.05, 3.63) is 23.5 Å². The van der Waals surface area contributed by atoms with Crippen LogP contribution in [0.25, 0.3) is 0 Å². The van der Waals surface area contributed by atoms with E-state index in [4.69, 9.17) is 5.73 Å². The Morgan fingerprint density at radius 2 is 2.05 bits per heavy atom. The second-order valence-electron chi connectivity index (χ2n) is 6.45. The summed E-state index contributed by atoms with van der Waals surface area (Å²) < 4.78 is 0. The van der Waals surface area contributed by atoms with Gasteiger partial charge in [-0.05, 0) is 37.2 Å². The lowest BCUT2D eigenvalue weighted by atomic mass is 9.72. The number of fused-ring (bicyclic) bond motifs is 1. The van der Waals surface area contributed by atoms with Crippen molar-refractivity contribution in [1.82, 2.24) is 9.88 Å². The molecule has 21 heavy (non-hydrogen) atoms. The van der Waals surface area contributed by atoms with Crippen molar-refractivity contribution in [2.75, 3.05) is 6.54 Å². The number of rotatable bonds is 2. The Bertz CT molecular complexity index is 551. The number of carbonyl (C=O) groups excluding carboxylic acids is 2. The Kier molecular flexibility index (Phi) is 3.74. The molecule has 114 valence electrons. The number of hydrogen-bond donors (Lipinski definition) is 2. The molecular formula is C16H23N3O2. The third-order valence-corrected chi connectivity index (χ3v) is 5.20. The summed E-state index contributed by atoms with van der Waals surface area (Å²) in [5, 5.41) is 0. The second kappa shape index (κ2) is 5.54. The van der Waals surface area contributed by atoms with Gasteiger partial charge in [0.2, 0.25) is 5.91 Å². The summed E-state index contributed by atoms with van der Waals surface area (Å²) in [7, 11) is 0. The van der Waals surface area contributed by atoms with Crippen molar-refractivity contribution in [2.45, 2.75) is 45.1 Å². The van der Waals surface area contributed by atoms with Gasteiger partial charge in [0.15, 0.2) is 0 Å². The van der Waals surface area contributed by atoms with Crippen LogP contribution in [0.2, 0.25) is 0 Å². The van der Waals surface area contributed by atoms with E-state index in [0.29, 0.717) is 29.1 Å². The van der Waals surface area contributed by atoms with Gasteiger partial charge in [0.05, 0.1) is 5.56 Å². The molecule has 1 aliphatic carbocycles. The van der Waals surface area contributed by atoms with Gasteiger partial charge >= 0.3 is 0 Å². The first-order valence-electron chi connectivity index (χ1n) is 7.87. The molecule has 2 amide bonds. The fourth-order valence-corrected chi connectivity index (χ4v) is 3.98. The minimum Gasteiger partial charge on any atom is -0.366 e. The number of amides is 2. The van der Waals surface area contributed by atoms with Crippen LogP contribution < -0.4 is 5.73 Å². The van der Waals surface area contributed by atoms with E-state index in [1.807, 2.05) is 4.90 Å². The Morgan fingerprint density at radius 3 is 2.76 bits per heavy atom. The fourth-order valence-electron chi connectivity index (χ4n) is 3.98. The molecule has 5 nitrogen and oxygen atoms in total. The number of primary amides is 1. The maximum absolute atomic E-state index is 12.7. The highest BCUT2D eigenvalue weighted by molar-refractivity contribution is 5.98. The Morgan fingerprint density at radius 1 is 1.29 bits per heavy atom. The monoisotopic (exact) mass is 289 g/mol. The Labute approximate surface area is 124 Å². The van der Waals surface area contributed by atoms with Crippen LogP contribution in [0.4, 0.5) is 0 Å². The molecule has 2 heterocycles. The maximum Gasteiger partial charge on any atom is 0.270 e. The van der Waals surface area contributed by atoms with Gasteiger partial charge in [-0.15, -0.1) is 0 Å². The molecule has 1 saturated heterocycles. The van der Waals surface area contributed by atoms with Crippen molar-refractivity contribution in [3.63, 3.8) is 0 Å². The molecule has 3 atom stereocenters. The molecule has 0 unspecified atom stereocenters. The van der Waals surface area contributed by atoms with Crippen LogP contribution >= 0.6 is 0 Å². The number of aromatic amines is 1. The molecule has 1 aromatic rings. The topological polar surface area (TPSA) is 79.2 Å². The van der Waals surface area contributed by atoms with Crippen molar-refractivity contribution in [3.8, 4) is 0 Å². The largest absolute Gasteiger partial charge is 0.366 e. The number of nitrogens with two attached hydrogens (primary N) is 1. The van der Waals surface area contributed by atoms with Gasteiger partial charge in [-0.1, -0.05) is 19.8 Å². The molecule has 5 heteroatoms. The van der Waals surface area contributed by atoms with E-state index >= 15 is 0 Å². The van der Waals surface area contributed by atoms with Crippen LogP contribution in [0, 0.1) is 11.8 Å². The highest BCUT2D eigenvalue weighted by atomic mass is 16.2. The predicted octanol–water partition coefficient (Wildman–Crippen LogP) is 2.15. The summed E-state index contributed by atoms with van der Waals surface area (Å²) in [5.74, 6) is 0.825. The summed E-state index contributed by atoms with van der Waals surface area (Å²) in [6.45, 7) is 3.12. The molecule has 3 N–H and O–H groups in total. The lowest BCUT2D eigenvalue weighted by molar-refractivity contribution is 0.0213. The first-order chi connectivity index (χ1) is 10.1. The van der Waals surface area contributed by atoms with Gasteiger partial charge in [-0.3, -0.25) is 9.59 Å². The van der Waals surface area contributed by atoms with Crippen LogP contribution in [0.5, 0.6) is 0 Å². The number of piperidine rings is 1. The highest BCUT2D eigenvalue weighted by Crippen LogP contribution is 2.39. The number of nitrogens with one attached hydrogen (secondary N) is 1. The first kappa shape index (κ1) is 14.2. The zero-order valence-corrected chi connectivity index (χ0v) is 12.5. The second-order valence-corrected chi connectivity index (χ2v) is 6.45. The van der Waals surface area contributed by atoms with Gasteiger partial charge in [-0.25, -0.2) is 0 Å². The number of nitrogens with zero attached hydrogens (tertiary/aromatic N) is 1. The molecule has 0 radical (unpaired) electrons. The van der Waals surface area contributed by atoms with Gasteiger partial charge in [0, 0.05) is 18.8 Å². The normalized spacial score (nSPS) is 29.0. The Hall–Kier alpha value is -1.78. The van der Waals surface area contributed by atoms with E-state index in [1.54, 1.807) is 6.07 Å². The van der Waals surface area contributed by atoms with Crippen LogP contribution in [0.1, 0.15) is 59.9 Å². The SMILES string of the molecule is C[C@@H]1CCN(C(=O)c2cc(C(N)=O)c[nH]2)[C@@H]2CCCC[C@@H]12. The average Bonchev–Trinajstić information content (AvgIpc) is 2.97. The summed E-state index contributed by atoms with van der Waals surface area (Å²) in [4.78, 5) is 28.8. The first-order valence-corrected chi connectivity index (χ1v) is 7.87. The van der Waals surface area contributed by atoms with Crippen LogP contribution in [0.3, 0.4) is 0 Å². The number of carbonyl (C=O) groups is 2. The highest BCUT2D eigenvalue weighted by Gasteiger charge is 2.39. The van der Waals surface area contributed by atoms with E-state index in [-0.39, 0.29) is 5.91 Å². The molecular weight excluding hydrogens is 266 g/mol. The summed E-state index contributed by atoms with van der Waals surface area (Å²) >= 11 is 0. The molecule has 3 rings (SSSR count). The number of H-pyrrole nitrogens is 1. The van der Waals surface area contributed by atoms with Crippen LogP contribution in [0.15, 0.2) is 12.3 Å². The van der Waals surface area contributed by atoms with Crippen molar-refractivity contribution < 1.29 is 9.59 Å². The van der Waals surface area contributed by atoms with Crippen molar-refractivity contribution in [1.29, 1.82) is 0 Å². The number of aromatic nitrogens is 1. The van der Waals surface area contributed by atoms with Gasteiger partial charge < -0.3 is 15.6 Å². The fraction of sp³-hybridized carbons (Fsp3) is 0.625. The van der Waals surface area contributed by atoms with Gasteiger partial charge in [-0.2, -0.15) is 0 Å². The molecule has 0 spiro atoms. The van der Waals surface area contributed by atoms with E-state index in [0.717, 1.165) is 19.4 Å². The zero-order chi connectivity index (χ0) is 15.0. The number of hydrogen-bond acceptors (Lipinski definition) is 2. The average molecular weight is 289 g/mol. The number of likely N-dealkylation sites (tertiary alicyclic amines) is 1. The third kappa shape index (κ3) is 2.57. The predicted molar refractivity (Wildman–Crippen MR) is 79.9 cm³/mol. The van der Waals surface area contributed by atoms with E-state index in [1.165, 1.54) is 25.5 Å². The lowest BCUT2D eigenvalue weighted by Crippen LogP contribution is -2.52. The van der Waals surface area contributed by atoms with Gasteiger partial charge in [0.1, 0.15) is 5.69 Å². The van der Waals surface area contributed by atoms with E-state index in [9.17, 15) is 9.59 Å². The van der Waals surface area contributed by atoms with E-state index in [2.05, 4.69) is 11.9 Å². The zero-order valence-electron chi connectivity index (χ0n) is 12.5. The summed E-state index contributed by atoms with van der Waals surface area (Å²) in [5.41, 5.74) is 6.09. The molecule has 0 bridgehead atoms. The Balaban J connectivity index is 1.81.